The number of fused-ring (bicyclic) bond motifs is 6. The van der Waals surface area contributed by atoms with Gasteiger partial charge < -0.3 is 105 Å². The van der Waals surface area contributed by atoms with E-state index >= 15 is 0 Å². The largest absolute Gasteiger partial charge is 1.00 e. The monoisotopic (exact) mass is 2040 g/mol. The van der Waals surface area contributed by atoms with Crippen LogP contribution in [0.1, 0.15) is 364 Å². The Bertz CT molecular complexity index is 3130. The molecule has 0 spiro atoms. The summed E-state index contributed by atoms with van der Waals surface area (Å²) in [5, 5.41) is 0. The normalized spacial score (nSPS) is 44.2. The van der Waals surface area contributed by atoms with E-state index in [1.165, 1.54) is 0 Å². The molecule has 6 saturated heterocycles. The predicted molar refractivity (Wildman–Crippen MR) is 494 cm³/mol. The maximum absolute atomic E-state index is 13.6. The molecular weight excluding hydrogens is 1880 g/mol. The molecule has 8 bridgehead atoms. The van der Waals surface area contributed by atoms with Gasteiger partial charge in [0.05, 0.1) is 0 Å². The maximum Gasteiger partial charge on any atom is 1.00 e. The van der Waals surface area contributed by atoms with Gasteiger partial charge in [0.15, 0.2) is 25.0 Å². The molecule has 6 aliphatic heterocycles. The van der Waals surface area contributed by atoms with Crippen molar-refractivity contribution in [2.24, 2.45) is 0 Å². The van der Waals surface area contributed by atoms with E-state index in [0.717, 1.165) is 360 Å². The van der Waals surface area contributed by atoms with E-state index in [4.69, 9.17) is 86.4 Å². The van der Waals surface area contributed by atoms with E-state index in [-0.39, 0.29) is 171 Å². The van der Waals surface area contributed by atoms with Crippen molar-refractivity contribution in [2.45, 2.75) is 496 Å². The summed E-state index contributed by atoms with van der Waals surface area (Å²) >= 11 is 0. The minimum Gasteiger partial charge on any atom is -1.00 e. The fraction of sp³-hybridized carbons (Fsp3) is 1.00. The Balaban J connectivity index is 0.000000209. The summed E-state index contributed by atoms with van der Waals surface area (Å²) < 4.78 is 172. The van der Waals surface area contributed by atoms with Crippen LogP contribution in [-0.2, 0) is 86.4 Å². The van der Waals surface area contributed by atoms with Gasteiger partial charge in [0, 0.05) is 77.6 Å². The third-order valence-electron chi connectivity index (χ3n) is 32.5. The Kier molecular flexibility index (Phi) is 33.0. The molecule has 0 atom stereocenters. The second-order valence-corrected chi connectivity index (χ2v) is 103. The molecule has 20 aliphatic rings. The van der Waals surface area contributed by atoms with Gasteiger partial charge in [0.2, 0.25) is 0 Å². The molecule has 44 heteroatoms. The van der Waals surface area contributed by atoms with Crippen molar-refractivity contribution in [2.75, 3.05) is 0 Å². The van der Waals surface area contributed by atoms with Gasteiger partial charge in [-0.2, -0.15) is 0 Å². The van der Waals surface area contributed by atoms with Crippen LogP contribution >= 0.6 is 0 Å². The standard InChI is InChI=1S/C44H90O12Si10.C35H66O12Si7.3Na.3H/c1-57(2,3)45-60(38-24-10-11-25-38)48-63(41-30-16-17-31-41)50-61(46-58(4,5)6,39-26-12-13-27-39)52-65(43-34-20-21-35-43)53-62(47-59(7,8)9,40-28-14-15-29-40)51-64(49-60,42-32-18-19-33-42)55-66(54-63,56-65)44-36-22-23-37-44;36-48(29-15-1-2-16-29)39-51(32-21-7-8-22-32)41-49(37,30-17-3-4-18-30)43-53(34-25-11-12-26-34)44-50(38,31-19-5-6-20-31)42-52(40-48,33-23-9-10-24-33)46-54(45-51,47-53)35-27-13-14-28-35;;;;;;/h38-44H,10-37H2,1-9H3;29-38H,1-28H2;;;;;;/q;;3*+1;3*-1. The zero-order valence-electron chi connectivity index (χ0n) is 81.1. The predicted octanol–water partition coefficient (Wildman–Crippen LogP) is 13.6. The fourth-order valence-electron chi connectivity index (χ4n) is 26.8. The van der Waals surface area contributed by atoms with E-state index in [2.05, 4.69) is 58.9 Å². The van der Waals surface area contributed by atoms with Gasteiger partial charge in [-0.3, -0.25) is 0 Å². The number of hydrogen-bond acceptors (Lipinski definition) is 24. The van der Waals surface area contributed by atoms with Crippen LogP contribution in [0.5, 0.6) is 0 Å². The molecular formula is C79H159Na3O24Si17. The van der Waals surface area contributed by atoms with Crippen molar-refractivity contribution < 1.29 is 194 Å². The molecule has 20 rings (SSSR count). The Labute approximate surface area is 829 Å². The molecule has 6 heterocycles. The minimum atomic E-state index is -4.28. The SMILES string of the molecule is C[Si](C)(C)O[Si]1(C2CCCC2)O[Si]2(C3CCCC3)O[Si](O[Si](C)(C)C)(C3CCCC3)O[Si]3(C4CCCC4)O[Si](O[Si](C)(C)C)(C4CCCC4)O[Si](C4CCCC4)(O1)O[Si](C1CCCC1)(O2)O3.O[Si]1(C2CCCC2)O[Si]2(C3CCCC3)O[Si](O)(C3CCCC3)O[Si]3(C4CCCC4)O[Si](O)(C4CCCC4)O[Si](C4CCCC4)(O1)O[Si](C1CCCC1)(O2)O3.[H-].[H-].[H-].[Na+].[Na+].[Na+]. The van der Waals surface area contributed by atoms with Crippen molar-refractivity contribution in [3.63, 3.8) is 0 Å². The molecule has 690 valence electrons. The van der Waals surface area contributed by atoms with Gasteiger partial charge in [-0.25, -0.2) is 0 Å². The smallest absolute Gasteiger partial charge is 1.00 e. The third-order valence-corrected chi connectivity index (χ3v) is 107. The molecule has 3 N–H and O–H groups in total. The molecule has 0 radical (unpaired) electrons. The molecule has 0 amide bonds. The van der Waals surface area contributed by atoms with E-state index in [1.807, 2.05) is 0 Å². The van der Waals surface area contributed by atoms with E-state index in [9.17, 15) is 14.4 Å². The van der Waals surface area contributed by atoms with Crippen LogP contribution in [0.4, 0.5) is 0 Å². The summed E-state index contributed by atoms with van der Waals surface area (Å²) in [7, 11) is -64.0. The summed E-state index contributed by atoms with van der Waals surface area (Å²) in [6.45, 7) is 21.0. The molecule has 0 aromatic carbocycles. The van der Waals surface area contributed by atoms with Crippen LogP contribution in [0.2, 0.25) is 136 Å². The Morgan fingerprint density at radius 1 is 0.171 bits per heavy atom. The third kappa shape index (κ3) is 20.5. The van der Waals surface area contributed by atoms with Crippen molar-refractivity contribution in [1.29, 1.82) is 0 Å². The second kappa shape index (κ2) is 39.9. The average molecular weight is 2040 g/mol. The van der Waals surface area contributed by atoms with Crippen LogP contribution in [0, 0.1) is 0 Å². The Hall–Kier alpha value is 5.73. The van der Waals surface area contributed by atoms with Crippen LogP contribution in [0.15, 0.2) is 0 Å². The van der Waals surface area contributed by atoms with Gasteiger partial charge in [-0.1, -0.05) is 180 Å². The maximum atomic E-state index is 13.6. The first-order valence-corrected chi connectivity index (χ1v) is 85.8. The summed E-state index contributed by atoms with van der Waals surface area (Å²) in [5.41, 5.74) is -0.614. The van der Waals surface area contributed by atoms with Gasteiger partial charge >= 0.3 is 212 Å². The summed E-state index contributed by atoms with van der Waals surface area (Å²) in [5.74, 6) is 0. The summed E-state index contributed by atoms with van der Waals surface area (Å²) in [6.07, 6.45) is 55.1. The van der Waals surface area contributed by atoms with Crippen molar-refractivity contribution >= 4 is 148 Å². The molecule has 123 heavy (non-hydrogen) atoms. The molecule has 0 unspecified atom stereocenters. The molecule has 0 aromatic heterocycles. The van der Waals surface area contributed by atoms with Gasteiger partial charge in [0.1, 0.15) is 0 Å². The van der Waals surface area contributed by atoms with Crippen molar-refractivity contribution in [3.05, 3.63) is 0 Å². The zero-order valence-corrected chi connectivity index (χ0v) is 101. The molecule has 14 saturated carbocycles. The minimum absolute atomic E-state index is 0. The summed E-state index contributed by atoms with van der Waals surface area (Å²) in [4.78, 5) is 40.7. The first-order valence-electron chi connectivity index (χ1n) is 50.2. The molecule has 20 fully saturated rings. The van der Waals surface area contributed by atoms with Crippen LogP contribution in [0.3, 0.4) is 0 Å². The quantitative estimate of drug-likeness (QED) is 0.0958. The number of rotatable bonds is 20. The number of hydrogen-bond donors (Lipinski definition) is 3. The Morgan fingerprint density at radius 3 is 0.407 bits per heavy atom. The molecule has 14 aliphatic carbocycles. The van der Waals surface area contributed by atoms with Crippen molar-refractivity contribution in [3.8, 4) is 0 Å². The van der Waals surface area contributed by atoms with Crippen LogP contribution in [-0.4, -0.2) is 163 Å². The van der Waals surface area contributed by atoms with Gasteiger partial charge in [-0.05, 0) is 239 Å². The summed E-state index contributed by atoms with van der Waals surface area (Å²) in [6, 6.07) is 0. The average Bonchev–Trinajstić information content (AvgIpc) is 1.45. The van der Waals surface area contributed by atoms with E-state index in [0.29, 0.717) is 0 Å². The van der Waals surface area contributed by atoms with E-state index < -0.39 is 148 Å². The fourth-order valence-corrected chi connectivity index (χ4v) is 127. The Morgan fingerprint density at radius 2 is 0.276 bits per heavy atom. The van der Waals surface area contributed by atoms with Crippen molar-refractivity contribution in [1.82, 2.24) is 0 Å². The van der Waals surface area contributed by atoms with Gasteiger partial charge in [-0.15, -0.1) is 0 Å². The first kappa shape index (κ1) is 102. The van der Waals surface area contributed by atoms with Crippen LogP contribution in [0.25, 0.3) is 0 Å². The molecule has 0 aromatic rings. The van der Waals surface area contributed by atoms with Gasteiger partial charge in [0.25, 0.3) is 0 Å². The first-order chi connectivity index (χ1) is 57.3. The van der Waals surface area contributed by atoms with E-state index in [1.54, 1.807) is 0 Å². The topological polar surface area (TPSA) is 255 Å². The molecule has 24 nitrogen and oxygen atoms in total. The zero-order chi connectivity index (χ0) is 83.0. The van der Waals surface area contributed by atoms with Crippen LogP contribution < -0.4 is 88.7 Å². The second-order valence-electron chi connectivity index (χ2n) is 44.8.